The summed E-state index contributed by atoms with van der Waals surface area (Å²) >= 11 is 3.41. The van der Waals surface area contributed by atoms with E-state index in [4.69, 9.17) is 10.5 Å². The molecule has 15 heavy (non-hydrogen) atoms. The molecule has 2 N–H and O–H groups in total. The first-order chi connectivity index (χ1) is 7.08. The molecule has 0 heterocycles. The van der Waals surface area contributed by atoms with Crippen LogP contribution in [0.2, 0.25) is 0 Å². The summed E-state index contributed by atoms with van der Waals surface area (Å²) in [5, 5.41) is 0. The molecule has 0 fully saturated rings. The average Bonchev–Trinajstić information content (AvgIpc) is 2.10. The van der Waals surface area contributed by atoms with Gasteiger partial charge in [0.15, 0.2) is 0 Å². The molecule has 0 radical (unpaired) electrons. The van der Waals surface area contributed by atoms with E-state index in [9.17, 15) is 0 Å². The standard InChI is InChI=1S/C12H18BrNO/c1-9(2)3-4-15-8-10-5-11(13)7-12(14)6-10/h5-7,9H,3-4,8,14H2,1-2H3. The highest BCUT2D eigenvalue weighted by molar-refractivity contribution is 9.10. The lowest BCUT2D eigenvalue weighted by Crippen LogP contribution is -2.00. The van der Waals surface area contributed by atoms with Gasteiger partial charge in [0.2, 0.25) is 0 Å². The fourth-order valence-electron chi connectivity index (χ4n) is 1.27. The highest BCUT2D eigenvalue weighted by Crippen LogP contribution is 2.18. The van der Waals surface area contributed by atoms with Crippen LogP contribution >= 0.6 is 15.9 Å². The van der Waals surface area contributed by atoms with Crippen LogP contribution in [0.15, 0.2) is 22.7 Å². The molecule has 1 aromatic rings. The Bertz CT molecular complexity index is 292. The SMILES string of the molecule is CC(C)CCOCc1cc(N)cc(Br)c1. The summed E-state index contributed by atoms with van der Waals surface area (Å²) in [6, 6.07) is 5.86. The van der Waals surface area contributed by atoms with Gasteiger partial charge in [-0.15, -0.1) is 0 Å². The van der Waals surface area contributed by atoms with E-state index in [-0.39, 0.29) is 0 Å². The zero-order valence-electron chi connectivity index (χ0n) is 9.29. The van der Waals surface area contributed by atoms with Crippen LogP contribution < -0.4 is 5.73 Å². The average molecular weight is 272 g/mol. The molecule has 0 aromatic heterocycles. The normalized spacial score (nSPS) is 10.9. The van der Waals surface area contributed by atoms with Gasteiger partial charge >= 0.3 is 0 Å². The number of nitrogens with two attached hydrogens (primary N) is 1. The second-order valence-electron chi connectivity index (χ2n) is 4.13. The van der Waals surface area contributed by atoms with Crippen LogP contribution in [0, 0.1) is 5.92 Å². The van der Waals surface area contributed by atoms with Gasteiger partial charge in [0.05, 0.1) is 6.61 Å². The van der Waals surface area contributed by atoms with Crippen LogP contribution in [0.4, 0.5) is 5.69 Å². The summed E-state index contributed by atoms with van der Waals surface area (Å²) in [4.78, 5) is 0. The Balaban J connectivity index is 2.37. The van der Waals surface area contributed by atoms with Crippen molar-refractivity contribution in [3.8, 4) is 0 Å². The minimum absolute atomic E-state index is 0.635. The topological polar surface area (TPSA) is 35.2 Å². The second-order valence-corrected chi connectivity index (χ2v) is 5.04. The number of benzene rings is 1. The van der Waals surface area contributed by atoms with E-state index in [1.807, 2.05) is 18.2 Å². The first kappa shape index (κ1) is 12.5. The van der Waals surface area contributed by atoms with Crippen LogP contribution in [-0.4, -0.2) is 6.61 Å². The van der Waals surface area contributed by atoms with Gasteiger partial charge in [0, 0.05) is 16.8 Å². The van der Waals surface area contributed by atoms with Gasteiger partial charge in [0.25, 0.3) is 0 Å². The van der Waals surface area contributed by atoms with Gasteiger partial charge in [-0.3, -0.25) is 0 Å². The van der Waals surface area contributed by atoms with Gasteiger partial charge in [-0.1, -0.05) is 29.8 Å². The predicted molar refractivity (Wildman–Crippen MR) is 67.7 cm³/mol. The van der Waals surface area contributed by atoms with E-state index in [0.29, 0.717) is 12.5 Å². The van der Waals surface area contributed by atoms with Gasteiger partial charge in [-0.05, 0) is 36.1 Å². The molecule has 0 aliphatic heterocycles. The fraction of sp³-hybridized carbons (Fsp3) is 0.500. The third kappa shape index (κ3) is 5.19. The highest BCUT2D eigenvalue weighted by atomic mass is 79.9. The molecule has 0 aliphatic rings. The van der Waals surface area contributed by atoms with Crippen LogP contribution in [0.1, 0.15) is 25.8 Å². The lowest BCUT2D eigenvalue weighted by Gasteiger charge is -2.07. The van der Waals surface area contributed by atoms with Crippen molar-refractivity contribution in [1.82, 2.24) is 0 Å². The maximum absolute atomic E-state index is 5.73. The Labute approximate surface area is 99.9 Å². The molecular weight excluding hydrogens is 254 g/mol. The van der Waals surface area contributed by atoms with E-state index in [2.05, 4.69) is 29.8 Å². The first-order valence-electron chi connectivity index (χ1n) is 5.20. The molecule has 0 saturated carbocycles. The minimum Gasteiger partial charge on any atom is -0.399 e. The number of ether oxygens (including phenoxy) is 1. The van der Waals surface area contributed by atoms with Crippen molar-refractivity contribution in [3.63, 3.8) is 0 Å². The van der Waals surface area contributed by atoms with Crippen molar-refractivity contribution >= 4 is 21.6 Å². The first-order valence-corrected chi connectivity index (χ1v) is 6.00. The summed E-state index contributed by atoms with van der Waals surface area (Å²) in [6.07, 6.45) is 1.10. The maximum atomic E-state index is 5.73. The van der Waals surface area contributed by atoms with E-state index < -0.39 is 0 Å². The van der Waals surface area contributed by atoms with Crippen molar-refractivity contribution < 1.29 is 4.74 Å². The Hall–Kier alpha value is -0.540. The Morgan fingerprint density at radius 2 is 2.07 bits per heavy atom. The molecule has 0 atom stereocenters. The Kier molecular flexibility index (Phi) is 5.12. The molecule has 0 amide bonds. The van der Waals surface area contributed by atoms with E-state index in [1.165, 1.54) is 0 Å². The quantitative estimate of drug-likeness (QED) is 0.656. The van der Waals surface area contributed by atoms with Crippen molar-refractivity contribution in [2.24, 2.45) is 5.92 Å². The Morgan fingerprint density at radius 1 is 1.33 bits per heavy atom. The molecule has 0 bridgehead atoms. The third-order valence-electron chi connectivity index (χ3n) is 2.09. The lowest BCUT2D eigenvalue weighted by molar-refractivity contribution is 0.110. The monoisotopic (exact) mass is 271 g/mol. The summed E-state index contributed by atoms with van der Waals surface area (Å²) in [6.45, 7) is 5.83. The maximum Gasteiger partial charge on any atom is 0.0718 e. The van der Waals surface area contributed by atoms with E-state index in [0.717, 1.165) is 28.8 Å². The van der Waals surface area contributed by atoms with Gasteiger partial charge in [-0.2, -0.15) is 0 Å². The molecular formula is C12H18BrNO. The number of halogens is 1. The zero-order chi connectivity index (χ0) is 11.3. The highest BCUT2D eigenvalue weighted by Gasteiger charge is 1.98. The molecule has 0 saturated heterocycles. The third-order valence-corrected chi connectivity index (χ3v) is 2.55. The summed E-state index contributed by atoms with van der Waals surface area (Å²) in [5.41, 5.74) is 7.61. The predicted octanol–water partition coefficient (Wildman–Crippen LogP) is 3.59. The van der Waals surface area contributed by atoms with Gasteiger partial charge < -0.3 is 10.5 Å². The molecule has 0 spiro atoms. The number of nitrogen functional groups attached to an aromatic ring is 1. The molecule has 84 valence electrons. The largest absolute Gasteiger partial charge is 0.399 e. The number of rotatable bonds is 5. The number of anilines is 1. The fourth-order valence-corrected chi connectivity index (χ4v) is 1.83. The van der Waals surface area contributed by atoms with Crippen LogP contribution in [0.25, 0.3) is 0 Å². The van der Waals surface area contributed by atoms with Crippen LogP contribution in [0.3, 0.4) is 0 Å². The molecule has 0 aliphatic carbocycles. The molecule has 3 heteroatoms. The summed E-state index contributed by atoms with van der Waals surface area (Å²) in [7, 11) is 0. The van der Waals surface area contributed by atoms with Crippen LogP contribution in [0.5, 0.6) is 0 Å². The zero-order valence-corrected chi connectivity index (χ0v) is 10.9. The molecule has 1 aromatic carbocycles. The summed E-state index contributed by atoms with van der Waals surface area (Å²) < 4.78 is 6.57. The van der Waals surface area contributed by atoms with E-state index in [1.54, 1.807) is 0 Å². The van der Waals surface area contributed by atoms with E-state index >= 15 is 0 Å². The smallest absolute Gasteiger partial charge is 0.0718 e. The second kappa shape index (κ2) is 6.13. The molecule has 2 nitrogen and oxygen atoms in total. The Morgan fingerprint density at radius 3 is 2.67 bits per heavy atom. The van der Waals surface area contributed by atoms with Crippen molar-refractivity contribution in [2.45, 2.75) is 26.9 Å². The van der Waals surface area contributed by atoms with Gasteiger partial charge in [-0.25, -0.2) is 0 Å². The van der Waals surface area contributed by atoms with Crippen molar-refractivity contribution in [3.05, 3.63) is 28.2 Å². The van der Waals surface area contributed by atoms with Gasteiger partial charge in [0.1, 0.15) is 0 Å². The van der Waals surface area contributed by atoms with Crippen molar-refractivity contribution in [1.29, 1.82) is 0 Å². The minimum atomic E-state index is 0.635. The molecule has 0 unspecified atom stereocenters. The number of hydrogen-bond acceptors (Lipinski definition) is 2. The lowest BCUT2D eigenvalue weighted by atomic mass is 10.1. The number of hydrogen-bond donors (Lipinski definition) is 1. The van der Waals surface area contributed by atoms with Crippen molar-refractivity contribution in [2.75, 3.05) is 12.3 Å². The van der Waals surface area contributed by atoms with Crippen LogP contribution in [-0.2, 0) is 11.3 Å². The molecule has 1 rings (SSSR count). The summed E-state index contributed by atoms with van der Waals surface area (Å²) in [5.74, 6) is 0.692.